The Morgan fingerprint density at radius 2 is 1.60 bits per heavy atom. The van der Waals surface area contributed by atoms with Crippen LogP contribution in [0.4, 0.5) is 4.79 Å². The standard InChI is InChI=1S/C13H23N3O4/c1-8-3-9(2)5-10(4-8)16-13(20)15-6-11(17)14-7-12(18)19/h8-10H,3-7H2,1-2H3,(H,14,17)(H,18,19)(H2,15,16,20). The van der Waals surface area contributed by atoms with Gasteiger partial charge in [-0.2, -0.15) is 0 Å². The van der Waals surface area contributed by atoms with Crippen LogP contribution in [0.25, 0.3) is 0 Å². The summed E-state index contributed by atoms with van der Waals surface area (Å²) in [7, 11) is 0. The maximum Gasteiger partial charge on any atom is 0.322 e. The molecule has 7 nitrogen and oxygen atoms in total. The van der Waals surface area contributed by atoms with Gasteiger partial charge >= 0.3 is 12.0 Å². The fraction of sp³-hybridized carbons (Fsp3) is 0.769. The van der Waals surface area contributed by atoms with E-state index in [9.17, 15) is 14.4 Å². The number of aliphatic carboxylic acids is 1. The van der Waals surface area contributed by atoms with Gasteiger partial charge in [0, 0.05) is 6.04 Å². The van der Waals surface area contributed by atoms with Crippen molar-refractivity contribution in [1.29, 1.82) is 0 Å². The van der Waals surface area contributed by atoms with Crippen molar-refractivity contribution in [3.8, 4) is 0 Å². The summed E-state index contributed by atoms with van der Waals surface area (Å²) in [5.74, 6) is -0.466. The van der Waals surface area contributed by atoms with Crippen molar-refractivity contribution in [1.82, 2.24) is 16.0 Å². The number of amides is 3. The van der Waals surface area contributed by atoms with Gasteiger partial charge in [-0.15, -0.1) is 0 Å². The molecular weight excluding hydrogens is 262 g/mol. The summed E-state index contributed by atoms with van der Waals surface area (Å²) in [6.45, 7) is 3.67. The highest BCUT2D eigenvalue weighted by Crippen LogP contribution is 2.28. The summed E-state index contributed by atoms with van der Waals surface area (Å²) >= 11 is 0. The predicted octanol–water partition coefficient (Wildman–Crippen LogP) is 0.311. The summed E-state index contributed by atoms with van der Waals surface area (Å²) in [5, 5.41) is 15.8. The molecule has 0 aromatic rings. The maximum absolute atomic E-state index is 11.6. The summed E-state index contributed by atoms with van der Waals surface area (Å²) in [6, 6.07) is -0.252. The molecule has 7 heteroatoms. The third-order valence-corrected chi connectivity index (χ3v) is 3.36. The zero-order chi connectivity index (χ0) is 15.1. The van der Waals surface area contributed by atoms with E-state index in [1.54, 1.807) is 0 Å². The van der Waals surface area contributed by atoms with Crippen molar-refractivity contribution in [2.75, 3.05) is 13.1 Å². The minimum Gasteiger partial charge on any atom is -0.480 e. The molecule has 0 aliphatic heterocycles. The Bertz CT molecular complexity index is 363. The van der Waals surface area contributed by atoms with Crippen LogP contribution < -0.4 is 16.0 Å². The van der Waals surface area contributed by atoms with Crippen LogP contribution in [-0.4, -0.2) is 42.1 Å². The molecule has 0 radical (unpaired) electrons. The van der Waals surface area contributed by atoms with Gasteiger partial charge in [0.05, 0.1) is 6.54 Å². The van der Waals surface area contributed by atoms with E-state index in [-0.39, 0.29) is 18.6 Å². The molecular formula is C13H23N3O4. The van der Waals surface area contributed by atoms with Crippen LogP contribution in [0.5, 0.6) is 0 Å². The number of carboxylic acid groups (broad SMARTS) is 1. The van der Waals surface area contributed by atoms with E-state index in [4.69, 9.17) is 5.11 Å². The second-order valence-electron chi connectivity index (χ2n) is 5.61. The molecule has 1 rings (SSSR count). The van der Waals surface area contributed by atoms with Gasteiger partial charge < -0.3 is 21.1 Å². The number of urea groups is 1. The molecule has 0 bridgehead atoms. The lowest BCUT2D eigenvalue weighted by molar-refractivity contribution is -0.137. The van der Waals surface area contributed by atoms with Crippen molar-refractivity contribution in [3.05, 3.63) is 0 Å². The Balaban J connectivity index is 2.22. The van der Waals surface area contributed by atoms with Gasteiger partial charge in [0.2, 0.25) is 5.91 Å². The zero-order valence-electron chi connectivity index (χ0n) is 11.9. The Morgan fingerprint density at radius 3 is 2.15 bits per heavy atom. The summed E-state index contributed by atoms with van der Waals surface area (Å²) in [6.07, 6.45) is 3.07. The number of carboxylic acids is 1. The number of hydrogen-bond acceptors (Lipinski definition) is 3. The lowest BCUT2D eigenvalue weighted by atomic mass is 9.80. The van der Waals surface area contributed by atoms with Gasteiger partial charge in [-0.3, -0.25) is 9.59 Å². The first kappa shape index (κ1) is 16.3. The molecule has 4 N–H and O–H groups in total. The minimum absolute atomic E-state index is 0.135. The molecule has 0 heterocycles. The van der Waals surface area contributed by atoms with E-state index >= 15 is 0 Å². The van der Waals surface area contributed by atoms with Crippen LogP contribution in [0.3, 0.4) is 0 Å². The summed E-state index contributed by atoms with van der Waals surface area (Å²) in [4.78, 5) is 33.1. The van der Waals surface area contributed by atoms with Crippen LogP contribution in [0.2, 0.25) is 0 Å². The average molecular weight is 285 g/mol. The molecule has 114 valence electrons. The first-order chi connectivity index (χ1) is 9.36. The van der Waals surface area contributed by atoms with Gasteiger partial charge in [0.25, 0.3) is 0 Å². The van der Waals surface area contributed by atoms with Gasteiger partial charge in [-0.1, -0.05) is 13.8 Å². The van der Waals surface area contributed by atoms with Crippen molar-refractivity contribution in [2.24, 2.45) is 11.8 Å². The monoisotopic (exact) mass is 285 g/mol. The Hall–Kier alpha value is -1.79. The predicted molar refractivity (Wildman–Crippen MR) is 73.1 cm³/mol. The third kappa shape index (κ3) is 6.40. The zero-order valence-corrected chi connectivity index (χ0v) is 11.9. The van der Waals surface area contributed by atoms with Crippen LogP contribution >= 0.6 is 0 Å². The molecule has 2 unspecified atom stereocenters. The highest BCUT2D eigenvalue weighted by molar-refractivity contribution is 5.86. The van der Waals surface area contributed by atoms with Gasteiger partial charge in [-0.05, 0) is 31.1 Å². The summed E-state index contributed by atoms with van der Waals surface area (Å²) < 4.78 is 0. The smallest absolute Gasteiger partial charge is 0.322 e. The molecule has 3 amide bonds. The highest BCUT2D eigenvalue weighted by Gasteiger charge is 2.24. The van der Waals surface area contributed by atoms with Crippen LogP contribution in [-0.2, 0) is 9.59 Å². The maximum atomic E-state index is 11.6. The lowest BCUT2D eigenvalue weighted by Gasteiger charge is -2.31. The Kier molecular flexibility index (Phi) is 6.27. The van der Waals surface area contributed by atoms with E-state index in [1.807, 2.05) is 0 Å². The molecule has 0 aromatic carbocycles. The number of nitrogens with one attached hydrogen (secondary N) is 3. The van der Waals surface area contributed by atoms with E-state index < -0.39 is 18.4 Å². The molecule has 1 saturated carbocycles. The van der Waals surface area contributed by atoms with E-state index in [0.717, 1.165) is 12.8 Å². The number of carbonyl (C=O) groups excluding carboxylic acids is 2. The van der Waals surface area contributed by atoms with Gasteiger partial charge in [0.15, 0.2) is 0 Å². The second-order valence-corrected chi connectivity index (χ2v) is 5.61. The summed E-state index contributed by atoms with van der Waals surface area (Å²) in [5.41, 5.74) is 0. The molecule has 1 fully saturated rings. The lowest BCUT2D eigenvalue weighted by Crippen LogP contribution is -2.48. The third-order valence-electron chi connectivity index (χ3n) is 3.36. The molecule has 0 spiro atoms. The molecule has 1 aliphatic carbocycles. The van der Waals surface area contributed by atoms with Crippen molar-refractivity contribution in [3.63, 3.8) is 0 Å². The topological polar surface area (TPSA) is 108 Å². The Labute approximate surface area is 118 Å². The van der Waals surface area contributed by atoms with Crippen LogP contribution in [0.15, 0.2) is 0 Å². The molecule has 1 aliphatic rings. The number of carbonyl (C=O) groups is 3. The average Bonchev–Trinajstić information content (AvgIpc) is 2.32. The fourth-order valence-corrected chi connectivity index (χ4v) is 2.70. The van der Waals surface area contributed by atoms with Crippen LogP contribution in [0.1, 0.15) is 33.1 Å². The Morgan fingerprint density at radius 1 is 1.00 bits per heavy atom. The van der Waals surface area contributed by atoms with Crippen molar-refractivity contribution >= 4 is 17.9 Å². The minimum atomic E-state index is -1.12. The largest absolute Gasteiger partial charge is 0.480 e. The van der Waals surface area contributed by atoms with Crippen LogP contribution in [0, 0.1) is 11.8 Å². The van der Waals surface area contributed by atoms with Crippen molar-refractivity contribution in [2.45, 2.75) is 39.2 Å². The van der Waals surface area contributed by atoms with Gasteiger partial charge in [-0.25, -0.2) is 4.79 Å². The first-order valence-electron chi connectivity index (χ1n) is 6.89. The SMILES string of the molecule is CC1CC(C)CC(NC(=O)NCC(=O)NCC(=O)O)C1. The van der Waals surface area contributed by atoms with E-state index in [0.29, 0.717) is 11.8 Å². The highest BCUT2D eigenvalue weighted by atomic mass is 16.4. The molecule has 0 saturated heterocycles. The molecule has 20 heavy (non-hydrogen) atoms. The van der Waals surface area contributed by atoms with E-state index in [2.05, 4.69) is 29.8 Å². The number of hydrogen-bond donors (Lipinski definition) is 4. The normalized spacial score (nSPS) is 25.6. The second kappa shape index (κ2) is 7.72. The van der Waals surface area contributed by atoms with E-state index in [1.165, 1.54) is 6.42 Å². The van der Waals surface area contributed by atoms with Crippen molar-refractivity contribution < 1.29 is 19.5 Å². The quantitative estimate of drug-likeness (QED) is 0.583. The van der Waals surface area contributed by atoms with Gasteiger partial charge in [0.1, 0.15) is 6.54 Å². The molecule has 0 aromatic heterocycles. The first-order valence-corrected chi connectivity index (χ1v) is 6.89. The fourth-order valence-electron chi connectivity index (χ4n) is 2.70. The number of rotatable bonds is 5. The molecule has 2 atom stereocenters.